The summed E-state index contributed by atoms with van der Waals surface area (Å²) < 4.78 is 22.1. The van der Waals surface area contributed by atoms with E-state index < -0.39 is 28.9 Å². The number of rotatable bonds is 6. The van der Waals surface area contributed by atoms with Gasteiger partial charge in [-0.2, -0.15) is 0 Å². The highest BCUT2D eigenvalue weighted by molar-refractivity contribution is 7.99. The number of aromatic nitrogens is 4. The molecule has 0 aliphatic carbocycles. The van der Waals surface area contributed by atoms with Crippen molar-refractivity contribution in [3.63, 3.8) is 0 Å². The van der Waals surface area contributed by atoms with Gasteiger partial charge in [0.1, 0.15) is 5.82 Å². The molecule has 3 aromatic heterocycles. The summed E-state index contributed by atoms with van der Waals surface area (Å²) in [5.41, 5.74) is 4.43. The van der Waals surface area contributed by atoms with E-state index in [4.69, 9.17) is 4.42 Å². The Kier molecular flexibility index (Phi) is 6.36. The van der Waals surface area contributed by atoms with Crippen LogP contribution in [-0.4, -0.2) is 36.3 Å². The van der Waals surface area contributed by atoms with E-state index in [2.05, 4.69) is 15.8 Å². The third kappa shape index (κ3) is 4.50. The standard InChI is InChI=1S/C21H19FN6O5S/c1-26-17-16(19(31)27(2)21(26)32)28(10-12-5-7-13(22)8-6-12)20(23-17)34-11-15(29)24-25-18(30)14-4-3-9-33-14/h3-9H,10-11H2,1-2H3,(H,24,29)(H,25,30). The molecule has 4 aromatic rings. The highest BCUT2D eigenvalue weighted by atomic mass is 32.2. The van der Waals surface area contributed by atoms with Crippen LogP contribution in [0.25, 0.3) is 11.2 Å². The van der Waals surface area contributed by atoms with Crippen LogP contribution in [0.4, 0.5) is 4.39 Å². The summed E-state index contributed by atoms with van der Waals surface area (Å²) in [6.45, 7) is 0.156. The molecule has 0 atom stereocenters. The van der Waals surface area contributed by atoms with Gasteiger partial charge >= 0.3 is 11.6 Å². The lowest BCUT2D eigenvalue weighted by molar-refractivity contribution is -0.119. The number of nitrogens with zero attached hydrogens (tertiary/aromatic N) is 4. The molecule has 0 fully saturated rings. The minimum atomic E-state index is -0.620. The number of halogens is 1. The number of carbonyl (C=O) groups excluding carboxylic acids is 2. The Balaban J connectivity index is 1.61. The summed E-state index contributed by atoms with van der Waals surface area (Å²) in [6, 6.07) is 8.71. The Morgan fingerprint density at radius 1 is 1.09 bits per heavy atom. The van der Waals surface area contributed by atoms with E-state index in [1.165, 1.54) is 49.2 Å². The average Bonchev–Trinajstić information content (AvgIpc) is 3.49. The van der Waals surface area contributed by atoms with Crippen LogP contribution < -0.4 is 22.1 Å². The molecule has 0 aliphatic rings. The fraction of sp³-hybridized carbons (Fsp3) is 0.190. The van der Waals surface area contributed by atoms with Gasteiger partial charge in [0.15, 0.2) is 22.1 Å². The monoisotopic (exact) mass is 486 g/mol. The Hall–Kier alpha value is -4.13. The lowest BCUT2D eigenvalue weighted by Gasteiger charge is -2.10. The quantitative estimate of drug-likeness (QED) is 0.304. The van der Waals surface area contributed by atoms with Gasteiger partial charge in [0, 0.05) is 14.1 Å². The van der Waals surface area contributed by atoms with Crippen molar-refractivity contribution in [1.29, 1.82) is 0 Å². The van der Waals surface area contributed by atoms with E-state index in [9.17, 15) is 23.6 Å². The van der Waals surface area contributed by atoms with Gasteiger partial charge < -0.3 is 8.98 Å². The lowest BCUT2D eigenvalue weighted by atomic mass is 10.2. The summed E-state index contributed by atoms with van der Waals surface area (Å²) in [7, 11) is 2.85. The molecule has 0 bridgehead atoms. The van der Waals surface area contributed by atoms with Crippen molar-refractivity contribution in [2.24, 2.45) is 14.1 Å². The molecule has 2 amide bonds. The summed E-state index contributed by atoms with van der Waals surface area (Å²) in [5.74, 6) is -1.68. The van der Waals surface area contributed by atoms with E-state index in [0.29, 0.717) is 10.7 Å². The Morgan fingerprint density at radius 2 is 1.82 bits per heavy atom. The van der Waals surface area contributed by atoms with Crippen LogP contribution in [0, 0.1) is 5.82 Å². The van der Waals surface area contributed by atoms with Crippen molar-refractivity contribution in [3.05, 3.63) is 80.6 Å². The number of benzene rings is 1. The SMILES string of the molecule is Cn1c(=O)c2c(nc(SCC(=O)NNC(=O)c3ccco3)n2Cc2ccc(F)cc2)n(C)c1=O. The third-order valence-electron chi connectivity index (χ3n) is 4.96. The van der Waals surface area contributed by atoms with Gasteiger partial charge in [0.2, 0.25) is 5.91 Å². The molecule has 3 heterocycles. The number of carbonyl (C=O) groups is 2. The maximum atomic E-state index is 13.3. The Morgan fingerprint density at radius 3 is 2.50 bits per heavy atom. The minimum Gasteiger partial charge on any atom is -0.459 e. The van der Waals surface area contributed by atoms with Crippen molar-refractivity contribution in [2.45, 2.75) is 11.7 Å². The van der Waals surface area contributed by atoms with E-state index in [-0.39, 0.29) is 29.2 Å². The number of amides is 2. The molecular weight excluding hydrogens is 467 g/mol. The van der Waals surface area contributed by atoms with Crippen LogP contribution in [0.15, 0.2) is 61.8 Å². The highest BCUT2D eigenvalue weighted by Gasteiger charge is 2.20. The van der Waals surface area contributed by atoms with Crippen LogP contribution in [0.3, 0.4) is 0 Å². The number of thioether (sulfide) groups is 1. The highest BCUT2D eigenvalue weighted by Crippen LogP contribution is 2.23. The molecule has 176 valence electrons. The van der Waals surface area contributed by atoms with Crippen LogP contribution in [0.1, 0.15) is 16.1 Å². The molecule has 2 N–H and O–H groups in total. The summed E-state index contributed by atoms with van der Waals surface area (Å²) in [4.78, 5) is 53.8. The van der Waals surface area contributed by atoms with Crippen molar-refractivity contribution in [1.82, 2.24) is 29.5 Å². The fourth-order valence-corrected chi connectivity index (χ4v) is 4.01. The van der Waals surface area contributed by atoms with Crippen molar-refractivity contribution in [3.8, 4) is 0 Å². The average molecular weight is 486 g/mol. The number of fused-ring (bicyclic) bond motifs is 1. The van der Waals surface area contributed by atoms with Gasteiger partial charge in [-0.25, -0.2) is 14.2 Å². The van der Waals surface area contributed by atoms with E-state index in [1.54, 1.807) is 16.7 Å². The molecule has 0 saturated heterocycles. The largest absolute Gasteiger partial charge is 0.459 e. The molecule has 0 saturated carbocycles. The first-order valence-corrected chi connectivity index (χ1v) is 10.9. The molecule has 34 heavy (non-hydrogen) atoms. The summed E-state index contributed by atoms with van der Waals surface area (Å²) >= 11 is 1.01. The first-order valence-electron chi connectivity index (χ1n) is 9.92. The smallest absolute Gasteiger partial charge is 0.332 e. The van der Waals surface area contributed by atoms with Crippen LogP contribution in [0.5, 0.6) is 0 Å². The second-order valence-electron chi connectivity index (χ2n) is 7.25. The number of hydrogen-bond acceptors (Lipinski definition) is 7. The van der Waals surface area contributed by atoms with Gasteiger partial charge in [-0.15, -0.1) is 0 Å². The number of hydrogen-bond donors (Lipinski definition) is 2. The van der Waals surface area contributed by atoms with Gasteiger partial charge in [-0.05, 0) is 29.8 Å². The van der Waals surface area contributed by atoms with Crippen LogP contribution >= 0.6 is 11.8 Å². The number of nitrogens with one attached hydrogen (secondary N) is 2. The third-order valence-corrected chi connectivity index (χ3v) is 5.94. The number of furan rings is 1. The second kappa shape index (κ2) is 9.39. The van der Waals surface area contributed by atoms with Crippen LogP contribution in [0.2, 0.25) is 0 Å². The molecule has 0 spiro atoms. The zero-order valence-corrected chi connectivity index (χ0v) is 18.9. The number of hydrazine groups is 1. The Labute approximate surface area is 195 Å². The summed E-state index contributed by atoms with van der Waals surface area (Å²) in [5, 5.41) is 0.296. The molecule has 0 aliphatic heterocycles. The predicted octanol–water partition coefficient (Wildman–Crippen LogP) is 0.767. The number of aryl methyl sites for hydroxylation is 1. The molecular formula is C21H19FN6O5S. The second-order valence-corrected chi connectivity index (χ2v) is 8.20. The van der Waals surface area contributed by atoms with E-state index in [1.807, 2.05) is 0 Å². The zero-order chi connectivity index (χ0) is 24.4. The molecule has 0 radical (unpaired) electrons. The maximum absolute atomic E-state index is 13.3. The normalized spacial score (nSPS) is 11.0. The fourth-order valence-electron chi connectivity index (χ4n) is 3.22. The van der Waals surface area contributed by atoms with E-state index >= 15 is 0 Å². The topological polar surface area (TPSA) is 133 Å². The molecule has 11 nitrogen and oxygen atoms in total. The minimum absolute atomic E-state index is 0.0332. The first kappa shape index (κ1) is 23.0. The molecule has 13 heteroatoms. The first-order chi connectivity index (χ1) is 16.3. The molecule has 4 rings (SSSR count). The lowest BCUT2D eigenvalue weighted by Crippen LogP contribution is -2.42. The zero-order valence-electron chi connectivity index (χ0n) is 18.1. The predicted molar refractivity (Wildman–Crippen MR) is 121 cm³/mol. The Bertz CT molecular complexity index is 1490. The van der Waals surface area contributed by atoms with Crippen molar-refractivity contribution < 1.29 is 18.4 Å². The van der Waals surface area contributed by atoms with Gasteiger partial charge in [0.25, 0.3) is 5.56 Å². The van der Waals surface area contributed by atoms with Gasteiger partial charge in [-0.1, -0.05) is 23.9 Å². The number of imidazole rings is 1. The van der Waals surface area contributed by atoms with E-state index in [0.717, 1.165) is 16.3 Å². The molecule has 0 unspecified atom stereocenters. The van der Waals surface area contributed by atoms with Crippen molar-refractivity contribution >= 4 is 34.7 Å². The van der Waals surface area contributed by atoms with Gasteiger partial charge in [-0.3, -0.25) is 34.4 Å². The molecule has 1 aromatic carbocycles. The summed E-state index contributed by atoms with van der Waals surface area (Å²) in [6.07, 6.45) is 1.33. The van der Waals surface area contributed by atoms with Crippen molar-refractivity contribution in [2.75, 3.05) is 5.75 Å². The van der Waals surface area contributed by atoms with Gasteiger partial charge in [0.05, 0.1) is 18.6 Å². The maximum Gasteiger partial charge on any atom is 0.332 e. The van der Waals surface area contributed by atoms with Crippen LogP contribution in [-0.2, 0) is 25.4 Å².